The molecule has 2 aromatic carbocycles. The highest BCUT2D eigenvalue weighted by Gasteiger charge is 2.23. The van der Waals surface area contributed by atoms with Gasteiger partial charge in [-0.15, -0.1) is 0 Å². The van der Waals surface area contributed by atoms with E-state index in [1.165, 1.54) is 0 Å². The monoisotopic (exact) mass is 455 g/mol. The van der Waals surface area contributed by atoms with Gasteiger partial charge < -0.3 is 14.1 Å². The van der Waals surface area contributed by atoms with E-state index in [0.717, 1.165) is 24.3 Å². The summed E-state index contributed by atoms with van der Waals surface area (Å²) >= 11 is -5.46. The van der Waals surface area contributed by atoms with Crippen molar-refractivity contribution >= 4 is 64.2 Å². The lowest BCUT2D eigenvalue weighted by molar-refractivity contribution is 0.480. The molecule has 11 nitrogen and oxygen atoms in total. The zero-order valence-corrected chi connectivity index (χ0v) is 15.9. The predicted molar refractivity (Wildman–Crippen MR) is 93.5 cm³/mol. The van der Waals surface area contributed by atoms with Gasteiger partial charge in [0.25, 0.3) is 20.2 Å². The van der Waals surface area contributed by atoms with Crippen molar-refractivity contribution in [3.05, 3.63) is 24.3 Å². The minimum atomic E-state index is -4.80. The highest BCUT2D eigenvalue weighted by atomic mass is 32.2. The second-order valence-electron chi connectivity index (χ2n) is 5.26. The van der Waals surface area contributed by atoms with Crippen LogP contribution < -0.4 is 0 Å². The van der Waals surface area contributed by atoms with E-state index in [0.29, 0.717) is 0 Å². The van der Waals surface area contributed by atoms with Gasteiger partial charge in [0.1, 0.15) is 0 Å². The Balaban J connectivity index is 2.63. The lowest BCUT2D eigenvalue weighted by atomic mass is 10.1. The van der Waals surface area contributed by atoms with Crippen LogP contribution >= 0.6 is 0 Å². The summed E-state index contributed by atoms with van der Waals surface area (Å²) in [4.78, 5) is 0.126. The van der Waals surface area contributed by atoms with Gasteiger partial charge in [-0.2, -0.15) is 16.8 Å². The molecule has 0 spiro atoms. The molecule has 5 N–H and O–H groups in total. The molecule has 0 aliphatic rings. The smallest absolute Gasteiger partial charge is 0.294 e. The molecule has 0 radical (unpaired) electrons. The second-order valence-corrected chi connectivity index (χ2v) is 9.98. The Morgan fingerprint density at radius 1 is 0.704 bits per heavy atom. The molecular weight excluding hydrogens is 446 g/mol. The minimum Gasteiger partial charge on any atom is -0.352 e. The van der Waals surface area contributed by atoms with Gasteiger partial charge in [-0.05, 0) is 24.3 Å². The molecule has 1 aromatic heterocycles. The first-order chi connectivity index (χ1) is 12.3. The number of hydrogen-bond donors (Lipinski definition) is 5. The van der Waals surface area contributed by atoms with E-state index in [9.17, 15) is 43.5 Å². The maximum atomic E-state index is 11.6. The Morgan fingerprint density at radius 3 is 1.30 bits per heavy atom. The van der Waals surface area contributed by atoms with Gasteiger partial charge in [0, 0.05) is 10.8 Å². The summed E-state index contributed by atoms with van der Waals surface area (Å²) in [6.45, 7) is 0. The summed E-state index contributed by atoms with van der Waals surface area (Å²) < 4.78 is 106. The molecule has 146 valence electrons. The Bertz CT molecular complexity index is 1270. The number of nitrogens with one attached hydrogen (secondary N) is 1. The Hall–Kier alpha value is -1.72. The van der Waals surface area contributed by atoms with E-state index in [1.807, 2.05) is 0 Å². The first-order valence-corrected chi connectivity index (χ1v) is 11.7. The molecular formula is C12H9NO10S4. The van der Waals surface area contributed by atoms with Crippen molar-refractivity contribution in [2.75, 3.05) is 0 Å². The zero-order valence-electron chi connectivity index (χ0n) is 12.7. The van der Waals surface area contributed by atoms with Gasteiger partial charge in [-0.1, -0.05) is 0 Å². The summed E-state index contributed by atoms with van der Waals surface area (Å²) in [7, 11) is -9.60. The first-order valence-electron chi connectivity index (χ1n) is 6.61. The van der Waals surface area contributed by atoms with Crippen molar-refractivity contribution in [2.24, 2.45) is 0 Å². The van der Waals surface area contributed by atoms with Crippen LogP contribution in [0.1, 0.15) is 0 Å². The van der Waals surface area contributed by atoms with Crippen LogP contribution in [0.5, 0.6) is 0 Å². The van der Waals surface area contributed by atoms with Crippen LogP contribution in [0.2, 0.25) is 0 Å². The fourth-order valence-electron chi connectivity index (χ4n) is 2.56. The van der Waals surface area contributed by atoms with Crippen molar-refractivity contribution < 1.29 is 43.5 Å². The Labute approximate surface area is 156 Å². The van der Waals surface area contributed by atoms with Gasteiger partial charge in [-0.3, -0.25) is 9.11 Å². The number of aromatic nitrogens is 1. The molecule has 1 heterocycles. The van der Waals surface area contributed by atoms with Gasteiger partial charge in [0.2, 0.25) is 0 Å². The molecule has 3 rings (SSSR count). The van der Waals surface area contributed by atoms with Crippen molar-refractivity contribution in [3.8, 4) is 0 Å². The standard InChI is InChI=1S/C12H9NO10S4/c14-24(15)9-3-5(26(18,19)20)1-7-8-2-6(27(21,22)23)4-10(25(16)17)12(8)13-11(7)9/h1-4,13H,(H,14,15)(H,16,17)(H,18,19,20)(H,21,22,23). The van der Waals surface area contributed by atoms with Crippen LogP contribution in [0.25, 0.3) is 21.8 Å². The van der Waals surface area contributed by atoms with E-state index >= 15 is 0 Å². The maximum Gasteiger partial charge on any atom is 0.294 e. The van der Waals surface area contributed by atoms with Crippen LogP contribution in [0.3, 0.4) is 0 Å². The van der Waals surface area contributed by atoms with Crippen LogP contribution in [-0.2, 0) is 42.4 Å². The Morgan fingerprint density at radius 2 is 1.04 bits per heavy atom. The van der Waals surface area contributed by atoms with E-state index in [4.69, 9.17) is 0 Å². The SMILES string of the molecule is O=S(O)c1cc(S(=O)(=O)O)cc2c1[nH]c1c(S(=O)O)cc(S(=O)(=O)O)cc12. The molecule has 15 heteroatoms. The third-order valence-corrected chi connectivity index (χ3v) is 6.72. The van der Waals surface area contributed by atoms with Crippen molar-refractivity contribution in [3.63, 3.8) is 0 Å². The highest BCUT2D eigenvalue weighted by molar-refractivity contribution is 7.86. The van der Waals surface area contributed by atoms with Gasteiger partial charge in [0.05, 0.1) is 30.6 Å². The minimum absolute atomic E-state index is 0.127. The van der Waals surface area contributed by atoms with Crippen LogP contribution in [0.15, 0.2) is 43.8 Å². The molecule has 0 aliphatic heterocycles. The van der Waals surface area contributed by atoms with E-state index < -0.39 is 62.0 Å². The van der Waals surface area contributed by atoms with Crippen molar-refractivity contribution in [1.29, 1.82) is 0 Å². The maximum absolute atomic E-state index is 11.6. The molecule has 0 aliphatic carbocycles. The number of fused-ring (bicyclic) bond motifs is 3. The summed E-state index contributed by atoms with van der Waals surface area (Å²) in [5.74, 6) is 0. The molecule has 3 aromatic rings. The number of H-pyrrole nitrogens is 1. The van der Waals surface area contributed by atoms with Crippen LogP contribution in [0, 0.1) is 0 Å². The van der Waals surface area contributed by atoms with Crippen molar-refractivity contribution in [1.82, 2.24) is 4.98 Å². The third-order valence-electron chi connectivity index (χ3n) is 3.66. The quantitative estimate of drug-likeness (QED) is 0.279. The molecule has 27 heavy (non-hydrogen) atoms. The van der Waals surface area contributed by atoms with Gasteiger partial charge in [0.15, 0.2) is 22.2 Å². The fourth-order valence-corrected chi connectivity index (χ4v) is 4.90. The number of hydrogen-bond acceptors (Lipinski definition) is 6. The van der Waals surface area contributed by atoms with Crippen molar-refractivity contribution in [2.45, 2.75) is 19.6 Å². The third kappa shape index (κ3) is 3.55. The predicted octanol–water partition coefficient (Wildman–Crippen LogP) is 0.976. The van der Waals surface area contributed by atoms with E-state index in [2.05, 4.69) is 4.98 Å². The molecule has 0 amide bonds. The summed E-state index contributed by atoms with van der Waals surface area (Å²) in [6, 6.07) is 3.22. The molecule has 2 atom stereocenters. The molecule has 0 fully saturated rings. The van der Waals surface area contributed by atoms with E-state index in [1.54, 1.807) is 0 Å². The average Bonchev–Trinajstić information content (AvgIpc) is 2.89. The molecule has 0 bridgehead atoms. The highest BCUT2D eigenvalue weighted by Crippen LogP contribution is 2.35. The first kappa shape index (κ1) is 20.0. The van der Waals surface area contributed by atoms with Gasteiger partial charge >= 0.3 is 0 Å². The number of rotatable bonds is 4. The average molecular weight is 455 g/mol. The van der Waals surface area contributed by atoms with Crippen LogP contribution in [0.4, 0.5) is 0 Å². The summed E-state index contributed by atoms with van der Waals surface area (Å²) in [5, 5.41) is -0.260. The fraction of sp³-hybridized carbons (Fsp3) is 0. The van der Waals surface area contributed by atoms with E-state index in [-0.39, 0.29) is 21.8 Å². The Kier molecular flexibility index (Phi) is 4.76. The zero-order chi connectivity index (χ0) is 20.3. The molecule has 0 saturated heterocycles. The van der Waals surface area contributed by atoms with Crippen LogP contribution in [-0.4, -0.2) is 48.4 Å². The molecule has 2 unspecified atom stereocenters. The summed E-state index contributed by atoms with van der Waals surface area (Å²) in [6.07, 6.45) is 0. The number of benzene rings is 2. The lowest BCUT2D eigenvalue weighted by Crippen LogP contribution is -2.01. The topological polar surface area (TPSA) is 199 Å². The lowest BCUT2D eigenvalue weighted by Gasteiger charge is -2.03. The summed E-state index contributed by atoms with van der Waals surface area (Å²) in [5.41, 5.74) is -0.255. The molecule has 0 saturated carbocycles. The normalized spacial score (nSPS) is 15.3. The largest absolute Gasteiger partial charge is 0.352 e. The van der Waals surface area contributed by atoms with Gasteiger partial charge in [-0.25, -0.2) is 8.42 Å². The number of aromatic amines is 1. The second kappa shape index (κ2) is 6.42.